The molecule has 1 atom stereocenters. The molecule has 0 amide bonds. The second-order valence-corrected chi connectivity index (χ2v) is 7.52. The lowest BCUT2D eigenvalue weighted by Gasteiger charge is -2.24. The summed E-state index contributed by atoms with van der Waals surface area (Å²) in [7, 11) is -2.36. The van der Waals surface area contributed by atoms with Gasteiger partial charge in [0.1, 0.15) is 5.75 Å². The van der Waals surface area contributed by atoms with Crippen molar-refractivity contribution in [3.05, 3.63) is 59.7 Å². The first-order valence-corrected chi connectivity index (χ1v) is 8.98. The Morgan fingerprint density at radius 1 is 1.12 bits per heavy atom. The summed E-state index contributed by atoms with van der Waals surface area (Å²) in [5.74, 6) is -1.60. The average Bonchev–Trinajstić information content (AvgIpc) is 3.08. The lowest BCUT2D eigenvalue weighted by molar-refractivity contribution is 0.389. The molecule has 0 saturated carbocycles. The van der Waals surface area contributed by atoms with Crippen molar-refractivity contribution in [2.75, 3.05) is 13.7 Å². The Hall–Kier alpha value is -1.99. The number of nitrogens with zero attached hydrogens (tertiary/aromatic N) is 1. The molecule has 0 bridgehead atoms. The Morgan fingerprint density at radius 2 is 1.92 bits per heavy atom. The highest BCUT2D eigenvalue weighted by atomic mass is 32.2. The summed E-state index contributed by atoms with van der Waals surface area (Å²) in [5.41, 5.74) is 0.818. The van der Waals surface area contributed by atoms with Crippen LogP contribution in [0.5, 0.6) is 5.75 Å². The predicted octanol–water partition coefficient (Wildman–Crippen LogP) is 3.50. The minimum atomic E-state index is -3.91. The number of benzene rings is 2. The van der Waals surface area contributed by atoms with Crippen LogP contribution in [0.3, 0.4) is 0 Å². The number of ether oxygens (including phenoxy) is 1. The van der Waals surface area contributed by atoms with Gasteiger partial charge in [-0.05, 0) is 48.7 Å². The van der Waals surface area contributed by atoms with Gasteiger partial charge < -0.3 is 4.74 Å². The molecular weight excluding hydrogens is 336 g/mol. The third-order valence-corrected chi connectivity index (χ3v) is 6.08. The zero-order chi connectivity index (χ0) is 17.3. The van der Waals surface area contributed by atoms with Crippen LogP contribution < -0.4 is 4.74 Å². The Balaban J connectivity index is 1.98. The number of rotatable bonds is 4. The summed E-state index contributed by atoms with van der Waals surface area (Å²) in [6.45, 7) is 0.337. The molecule has 4 nitrogen and oxygen atoms in total. The van der Waals surface area contributed by atoms with Crippen LogP contribution in [0.15, 0.2) is 47.4 Å². The van der Waals surface area contributed by atoms with Gasteiger partial charge in [-0.3, -0.25) is 0 Å². The molecule has 0 N–H and O–H groups in total. The molecular formula is C17H17F2NO3S. The molecule has 1 heterocycles. The maximum atomic E-state index is 13.4. The van der Waals surface area contributed by atoms with Crippen molar-refractivity contribution in [3.63, 3.8) is 0 Å². The Labute approximate surface area is 139 Å². The van der Waals surface area contributed by atoms with Crippen molar-refractivity contribution in [1.29, 1.82) is 0 Å². The fourth-order valence-corrected chi connectivity index (χ4v) is 4.68. The van der Waals surface area contributed by atoms with Crippen LogP contribution in [0, 0.1) is 11.6 Å². The molecule has 7 heteroatoms. The third-order valence-electron chi connectivity index (χ3n) is 4.18. The van der Waals surface area contributed by atoms with Gasteiger partial charge in [0.15, 0.2) is 11.6 Å². The fourth-order valence-electron chi connectivity index (χ4n) is 2.98. The van der Waals surface area contributed by atoms with Gasteiger partial charge in [0.25, 0.3) is 0 Å². The summed E-state index contributed by atoms with van der Waals surface area (Å²) >= 11 is 0. The lowest BCUT2D eigenvalue weighted by Crippen LogP contribution is -2.30. The molecule has 0 aliphatic carbocycles. The highest BCUT2D eigenvalue weighted by Gasteiger charge is 2.36. The molecule has 1 saturated heterocycles. The van der Waals surface area contributed by atoms with E-state index in [1.54, 1.807) is 25.3 Å². The van der Waals surface area contributed by atoms with Crippen molar-refractivity contribution in [2.45, 2.75) is 23.8 Å². The molecule has 1 aliphatic rings. The first-order chi connectivity index (χ1) is 11.4. The zero-order valence-electron chi connectivity index (χ0n) is 13.1. The largest absolute Gasteiger partial charge is 0.497 e. The van der Waals surface area contributed by atoms with Crippen LogP contribution in [0.4, 0.5) is 8.78 Å². The predicted molar refractivity (Wildman–Crippen MR) is 85.2 cm³/mol. The first-order valence-electron chi connectivity index (χ1n) is 7.54. The number of hydrogen-bond donors (Lipinski definition) is 0. The molecule has 0 radical (unpaired) electrons. The van der Waals surface area contributed by atoms with Crippen LogP contribution >= 0.6 is 0 Å². The first kappa shape index (κ1) is 16.9. The number of methoxy groups -OCH3 is 1. The summed E-state index contributed by atoms with van der Waals surface area (Å²) in [6.07, 6.45) is 1.36. The highest BCUT2D eigenvalue weighted by Crippen LogP contribution is 2.37. The molecule has 24 heavy (non-hydrogen) atoms. The van der Waals surface area contributed by atoms with E-state index in [-0.39, 0.29) is 10.9 Å². The van der Waals surface area contributed by atoms with E-state index in [4.69, 9.17) is 4.74 Å². The molecule has 2 aromatic carbocycles. The Bertz CT molecular complexity index is 855. The quantitative estimate of drug-likeness (QED) is 0.845. The molecule has 128 valence electrons. The van der Waals surface area contributed by atoms with E-state index in [2.05, 4.69) is 0 Å². The standard InChI is InChI=1S/C17H17F2NO3S/c1-23-13-5-2-4-12(10-13)17-6-3-9-20(17)24(21,22)14-7-8-15(18)16(19)11-14/h2,4-5,7-8,10-11,17H,3,6,9H2,1H3/t17-/m1/s1. The summed E-state index contributed by atoms with van der Waals surface area (Å²) in [6, 6.07) is 9.52. The van der Waals surface area contributed by atoms with Gasteiger partial charge in [-0.2, -0.15) is 4.31 Å². The molecule has 1 aliphatic heterocycles. The van der Waals surface area contributed by atoms with E-state index in [9.17, 15) is 17.2 Å². The molecule has 1 fully saturated rings. The normalized spacial score (nSPS) is 18.7. The second-order valence-electron chi connectivity index (χ2n) is 5.63. The van der Waals surface area contributed by atoms with Crippen molar-refractivity contribution in [1.82, 2.24) is 4.31 Å². The Kier molecular flexibility index (Phi) is 4.56. The van der Waals surface area contributed by atoms with E-state index in [0.29, 0.717) is 25.1 Å². The fraction of sp³-hybridized carbons (Fsp3) is 0.294. The minimum Gasteiger partial charge on any atom is -0.497 e. The van der Waals surface area contributed by atoms with E-state index in [1.807, 2.05) is 6.07 Å². The Morgan fingerprint density at radius 3 is 2.62 bits per heavy atom. The number of hydrogen-bond acceptors (Lipinski definition) is 3. The van der Waals surface area contributed by atoms with Crippen LogP contribution in [0.2, 0.25) is 0 Å². The van der Waals surface area contributed by atoms with Crippen molar-refractivity contribution in [2.24, 2.45) is 0 Å². The van der Waals surface area contributed by atoms with E-state index in [1.165, 1.54) is 4.31 Å². The number of sulfonamides is 1. The number of halogens is 2. The minimum absolute atomic E-state index is 0.240. The van der Waals surface area contributed by atoms with Gasteiger partial charge in [-0.25, -0.2) is 17.2 Å². The maximum Gasteiger partial charge on any atom is 0.243 e. The molecule has 0 aromatic heterocycles. The van der Waals surface area contributed by atoms with Crippen LogP contribution in [0.25, 0.3) is 0 Å². The van der Waals surface area contributed by atoms with Gasteiger partial charge in [-0.15, -0.1) is 0 Å². The van der Waals surface area contributed by atoms with Gasteiger partial charge in [0.05, 0.1) is 18.0 Å². The second kappa shape index (κ2) is 6.49. The lowest BCUT2D eigenvalue weighted by atomic mass is 10.1. The van der Waals surface area contributed by atoms with Gasteiger partial charge in [0.2, 0.25) is 10.0 Å². The van der Waals surface area contributed by atoms with Gasteiger partial charge in [-0.1, -0.05) is 12.1 Å². The van der Waals surface area contributed by atoms with Gasteiger partial charge >= 0.3 is 0 Å². The van der Waals surface area contributed by atoms with Gasteiger partial charge in [0, 0.05) is 6.54 Å². The van der Waals surface area contributed by atoms with Crippen molar-refractivity contribution < 1.29 is 21.9 Å². The maximum absolute atomic E-state index is 13.4. The molecule has 0 unspecified atom stereocenters. The topological polar surface area (TPSA) is 46.6 Å². The van der Waals surface area contributed by atoms with E-state index < -0.39 is 21.7 Å². The SMILES string of the molecule is COc1cccc([C@H]2CCCN2S(=O)(=O)c2ccc(F)c(F)c2)c1. The zero-order valence-corrected chi connectivity index (χ0v) is 13.9. The molecule has 3 rings (SSSR count). The van der Waals surface area contributed by atoms with E-state index in [0.717, 1.165) is 23.8 Å². The van der Waals surface area contributed by atoms with Crippen molar-refractivity contribution >= 4 is 10.0 Å². The molecule has 2 aromatic rings. The smallest absolute Gasteiger partial charge is 0.243 e. The van der Waals surface area contributed by atoms with Crippen molar-refractivity contribution in [3.8, 4) is 5.75 Å². The molecule has 0 spiro atoms. The highest BCUT2D eigenvalue weighted by molar-refractivity contribution is 7.89. The monoisotopic (exact) mass is 353 g/mol. The van der Waals surface area contributed by atoms with E-state index >= 15 is 0 Å². The average molecular weight is 353 g/mol. The summed E-state index contributed by atoms with van der Waals surface area (Å²) in [4.78, 5) is -0.240. The van der Waals surface area contributed by atoms with Crippen LogP contribution in [-0.4, -0.2) is 26.4 Å². The van der Waals surface area contributed by atoms with Crippen LogP contribution in [0.1, 0.15) is 24.4 Å². The summed E-state index contributed by atoms with van der Waals surface area (Å²) < 4.78 is 58.7. The summed E-state index contributed by atoms with van der Waals surface area (Å²) in [5, 5.41) is 0. The van der Waals surface area contributed by atoms with Crippen LogP contribution in [-0.2, 0) is 10.0 Å². The third kappa shape index (κ3) is 3.01.